The number of amides is 1. The van der Waals surface area contributed by atoms with E-state index in [1.807, 2.05) is 0 Å². The normalized spacial score (nSPS) is 24.1. The number of carbonyl (C=O) groups excluding carboxylic acids is 1. The maximum Gasteiger partial charge on any atom is 0.417 e. The number of anilines is 1. The quantitative estimate of drug-likeness (QED) is 0.492. The second-order valence-electron chi connectivity index (χ2n) is 8.68. The number of halogens is 5. The second-order valence-corrected chi connectivity index (χ2v) is 8.68. The van der Waals surface area contributed by atoms with E-state index in [2.05, 4.69) is 15.3 Å². The smallest absolute Gasteiger partial charge is 0.417 e. The maximum atomic E-state index is 14.5. The van der Waals surface area contributed by atoms with Gasteiger partial charge in [-0.05, 0) is 26.0 Å². The summed E-state index contributed by atoms with van der Waals surface area (Å²) in [6, 6.07) is 4.86. The molecule has 0 spiro atoms. The van der Waals surface area contributed by atoms with Crippen molar-refractivity contribution in [2.45, 2.75) is 44.6 Å². The third-order valence-corrected chi connectivity index (χ3v) is 6.66. The molecule has 0 bridgehead atoms. The third kappa shape index (κ3) is 4.19. The number of aryl methyl sites for hydroxylation is 1. The number of pyridine rings is 1. The Morgan fingerprint density at radius 3 is 2.53 bits per heavy atom. The first-order valence-electron chi connectivity index (χ1n) is 10.9. The Kier molecular flexibility index (Phi) is 6.50. The number of imidazole rings is 1. The second kappa shape index (κ2) is 9.16. The summed E-state index contributed by atoms with van der Waals surface area (Å²) in [6.07, 6.45) is -1.91. The monoisotopic (exact) mass is 510 g/mol. The van der Waals surface area contributed by atoms with Crippen LogP contribution in [0, 0.1) is 24.5 Å². The Labute approximate surface area is 203 Å². The van der Waals surface area contributed by atoms with Gasteiger partial charge in [0, 0.05) is 47.7 Å². The summed E-state index contributed by atoms with van der Waals surface area (Å²) in [6.45, 7) is 3.83. The molecule has 7 nitrogen and oxygen atoms in total. The number of aromatic nitrogens is 3. The highest BCUT2D eigenvalue weighted by molar-refractivity contribution is 5.95. The van der Waals surface area contributed by atoms with Crippen LogP contribution < -0.4 is 10.1 Å². The minimum Gasteiger partial charge on any atom is -0.493 e. The number of hydrogen-bond donors (Lipinski definition) is 1. The number of benzene rings is 1. The molecular weight excluding hydrogens is 487 g/mol. The van der Waals surface area contributed by atoms with Gasteiger partial charge in [-0.25, -0.2) is 14.4 Å². The summed E-state index contributed by atoms with van der Waals surface area (Å²) in [5.74, 6) is -5.69. The predicted molar refractivity (Wildman–Crippen MR) is 119 cm³/mol. The van der Waals surface area contributed by atoms with Gasteiger partial charge in [-0.1, -0.05) is 13.0 Å². The van der Waals surface area contributed by atoms with E-state index < -0.39 is 53.0 Å². The minimum absolute atomic E-state index is 0.110. The van der Waals surface area contributed by atoms with E-state index in [0.29, 0.717) is 11.6 Å². The van der Waals surface area contributed by atoms with Crippen molar-refractivity contribution in [2.24, 2.45) is 5.92 Å². The lowest BCUT2D eigenvalue weighted by molar-refractivity contribution is -0.272. The number of hydrogen-bond acceptors (Lipinski definition) is 5. The van der Waals surface area contributed by atoms with Crippen LogP contribution in [0.3, 0.4) is 0 Å². The molecule has 1 aromatic carbocycles. The molecule has 0 radical (unpaired) electrons. The van der Waals surface area contributed by atoms with Gasteiger partial charge in [0.05, 0.1) is 7.11 Å². The van der Waals surface area contributed by atoms with Crippen LogP contribution >= 0.6 is 0 Å². The number of ether oxygens (including phenoxy) is 2. The summed E-state index contributed by atoms with van der Waals surface area (Å²) < 4.78 is 82.6. The highest BCUT2D eigenvalue weighted by Gasteiger charge is 2.65. The van der Waals surface area contributed by atoms with Gasteiger partial charge in [0.25, 0.3) is 5.91 Å². The van der Waals surface area contributed by atoms with Crippen molar-refractivity contribution < 1.29 is 36.2 Å². The Bertz CT molecular complexity index is 1290. The molecule has 1 N–H and O–H groups in total. The molecule has 0 saturated carbocycles. The fourth-order valence-electron chi connectivity index (χ4n) is 4.50. The number of methoxy groups -OCH3 is 1. The molecule has 3 heterocycles. The van der Waals surface area contributed by atoms with Crippen molar-refractivity contribution in [3.63, 3.8) is 0 Å². The van der Waals surface area contributed by atoms with Crippen LogP contribution in [0.25, 0.3) is 5.82 Å². The first-order chi connectivity index (χ1) is 16.9. The van der Waals surface area contributed by atoms with Crippen LogP contribution in [0.4, 0.5) is 27.6 Å². The Morgan fingerprint density at radius 1 is 1.19 bits per heavy atom. The number of rotatable bonds is 5. The molecular formula is C24H23F5N4O3. The molecule has 2 aromatic heterocycles. The van der Waals surface area contributed by atoms with E-state index in [-0.39, 0.29) is 11.3 Å². The van der Waals surface area contributed by atoms with Gasteiger partial charge in [0.15, 0.2) is 17.2 Å². The number of carbonyl (C=O) groups is 1. The largest absolute Gasteiger partial charge is 0.493 e. The van der Waals surface area contributed by atoms with Gasteiger partial charge < -0.3 is 14.8 Å². The van der Waals surface area contributed by atoms with Gasteiger partial charge in [0.1, 0.15) is 17.7 Å². The first-order valence-corrected chi connectivity index (χ1v) is 10.9. The summed E-state index contributed by atoms with van der Waals surface area (Å²) in [5.41, 5.74) is -2.61. The molecule has 12 heteroatoms. The minimum atomic E-state index is -4.85. The van der Waals surface area contributed by atoms with E-state index in [9.17, 15) is 26.7 Å². The highest BCUT2D eigenvalue weighted by atomic mass is 19.4. The molecule has 1 amide bonds. The SMILES string of the molecule is COc1c([C@H]2[C@H](C(=O)Nc3ccnc(-n4ccnc4C)c3)O[C@@](C)(C(F)(F)F)[C@H]2C)ccc(F)c1F. The lowest BCUT2D eigenvalue weighted by atomic mass is 9.77. The van der Waals surface area contributed by atoms with Crippen molar-refractivity contribution >= 4 is 11.6 Å². The maximum absolute atomic E-state index is 14.5. The van der Waals surface area contributed by atoms with Crippen LogP contribution in [0.15, 0.2) is 42.9 Å². The molecule has 1 aliphatic rings. The summed E-state index contributed by atoms with van der Waals surface area (Å²) in [5, 5.41) is 2.56. The lowest BCUT2D eigenvalue weighted by Crippen LogP contribution is -2.47. The summed E-state index contributed by atoms with van der Waals surface area (Å²) in [7, 11) is 1.07. The van der Waals surface area contributed by atoms with Crippen LogP contribution in [0.5, 0.6) is 5.75 Å². The van der Waals surface area contributed by atoms with Crippen molar-refractivity contribution in [2.75, 3.05) is 12.4 Å². The Balaban J connectivity index is 1.74. The molecule has 4 rings (SSSR count). The third-order valence-electron chi connectivity index (χ3n) is 6.66. The average molecular weight is 510 g/mol. The predicted octanol–water partition coefficient (Wildman–Crippen LogP) is 4.94. The molecule has 1 aliphatic heterocycles. The lowest BCUT2D eigenvalue weighted by Gasteiger charge is -2.32. The van der Waals surface area contributed by atoms with Crippen molar-refractivity contribution in [1.29, 1.82) is 0 Å². The molecule has 36 heavy (non-hydrogen) atoms. The van der Waals surface area contributed by atoms with Gasteiger partial charge in [-0.15, -0.1) is 0 Å². The molecule has 192 valence electrons. The van der Waals surface area contributed by atoms with Crippen molar-refractivity contribution in [1.82, 2.24) is 14.5 Å². The summed E-state index contributed by atoms with van der Waals surface area (Å²) in [4.78, 5) is 21.6. The zero-order valence-corrected chi connectivity index (χ0v) is 19.7. The van der Waals surface area contributed by atoms with E-state index >= 15 is 0 Å². The van der Waals surface area contributed by atoms with E-state index in [1.54, 1.807) is 23.9 Å². The zero-order valence-electron chi connectivity index (χ0n) is 19.7. The Hall–Kier alpha value is -3.54. The number of nitrogens with one attached hydrogen (secondary N) is 1. The molecule has 1 saturated heterocycles. The van der Waals surface area contributed by atoms with E-state index in [0.717, 1.165) is 26.2 Å². The standard InChI is InChI=1S/C24H23F5N4O3/c1-12-18(15-5-6-16(25)19(26)20(15)35-4)21(36-23(12,3)24(27,28)29)22(34)32-14-7-8-31-17(11-14)33-10-9-30-13(33)2/h5-12,18,21H,1-4H3,(H,31,32,34)/t12-,18-,21+,23+/m0/s1. The van der Waals surface area contributed by atoms with Crippen molar-refractivity contribution in [3.8, 4) is 11.6 Å². The van der Waals surface area contributed by atoms with E-state index in [4.69, 9.17) is 9.47 Å². The number of alkyl halides is 3. The van der Waals surface area contributed by atoms with Crippen LogP contribution in [-0.4, -0.2) is 45.4 Å². The van der Waals surface area contributed by atoms with E-state index in [1.165, 1.54) is 25.3 Å². The summed E-state index contributed by atoms with van der Waals surface area (Å²) >= 11 is 0. The fraction of sp³-hybridized carbons (Fsp3) is 0.375. The molecule has 1 fully saturated rings. The highest BCUT2D eigenvalue weighted by Crippen LogP contribution is 2.55. The van der Waals surface area contributed by atoms with Gasteiger partial charge in [-0.2, -0.15) is 17.6 Å². The van der Waals surface area contributed by atoms with Crippen LogP contribution in [0.1, 0.15) is 31.2 Å². The van der Waals surface area contributed by atoms with Gasteiger partial charge in [-0.3, -0.25) is 9.36 Å². The molecule has 0 aliphatic carbocycles. The van der Waals surface area contributed by atoms with Crippen LogP contribution in [0.2, 0.25) is 0 Å². The number of nitrogens with zero attached hydrogens (tertiary/aromatic N) is 3. The van der Waals surface area contributed by atoms with Crippen LogP contribution in [-0.2, 0) is 9.53 Å². The molecule has 3 aromatic rings. The van der Waals surface area contributed by atoms with Crippen molar-refractivity contribution in [3.05, 3.63) is 65.9 Å². The molecule has 0 unspecified atom stereocenters. The average Bonchev–Trinajstić information content (AvgIpc) is 3.37. The fourth-order valence-corrected chi connectivity index (χ4v) is 4.50. The first kappa shape index (κ1) is 25.5. The molecule has 4 atom stereocenters. The van der Waals surface area contributed by atoms with Gasteiger partial charge >= 0.3 is 6.18 Å². The zero-order chi connectivity index (χ0) is 26.4. The topological polar surface area (TPSA) is 78.3 Å². The van der Waals surface area contributed by atoms with Gasteiger partial charge in [0.2, 0.25) is 5.82 Å². The Morgan fingerprint density at radius 2 is 1.92 bits per heavy atom.